The smallest absolute Gasteiger partial charge is 0.220 e. The highest BCUT2D eigenvalue weighted by molar-refractivity contribution is 7.99. The fourth-order valence-corrected chi connectivity index (χ4v) is 3.85. The van der Waals surface area contributed by atoms with Gasteiger partial charge in [-0.05, 0) is 37.3 Å². The van der Waals surface area contributed by atoms with Crippen LogP contribution in [0.2, 0.25) is 0 Å². The zero-order chi connectivity index (χ0) is 21.6. The highest BCUT2D eigenvalue weighted by Gasteiger charge is 2.03. The van der Waals surface area contributed by atoms with E-state index in [1.807, 2.05) is 7.05 Å². The minimum atomic E-state index is 0.0356. The Morgan fingerprint density at radius 3 is 1.83 bits per heavy atom. The summed E-state index contributed by atoms with van der Waals surface area (Å²) in [6, 6.07) is 0. The predicted molar refractivity (Wildman–Crippen MR) is 125 cm³/mol. The second kappa shape index (κ2) is 22.2. The van der Waals surface area contributed by atoms with Crippen molar-refractivity contribution in [1.82, 2.24) is 16.0 Å². The van der Waals surface area contributed by atoms with Crippen LogP contribution in [0.4, 0.5) is 0 Å². The minimum absolute atomic E-state index is 0.0356. The standard InChI is InChI=1S/C20H41N3O4S2/c1-18(2)16-26-10-4-12-28-14-6-19(24)22-8-9-23-20(25)7-15-29-13-5-11-27-17-21-3/h18,21H,4-17H2,1-3H3,(H,22,24)(H,23,25). The van der Waals surface area contributed by atoms with Gasteiger partial charge in [0, 0.05) is 57.3 Å². The summed E-state index contributed by atoms with van der Waals surface area (Å²) in [5, 5.41) is 8.61. The molecule has 0 aromatic heterocycles. The van der Waals surface area contributed by atoms with Gasteiger partial charge in [-0.1, -0.05) is 13.8 Å². The van der Waals surface area contributed by atoms with Gasteiger partial charge in [0.2, 0.25) is 11.8 Å². The highest BCUT2D eigenvalue weighted by Crippen LogP contribution is 2.05. The van der Waals surface area contributed by atoms with E-state index < -0.39 is 0 Å². The van der Waals surface area contributed by atoms with Crippen molar-refractivity contribution in [2.45, 2.75) is 39.5 Å². The second-order valence-electron chi connectivity index (χ2n) is 7.01. The molecule has 172 valence electrons. The third-order valence-corrected chi connectivity index (χ3v) is 5.71. The van der Waals surface area contributed by atoms with Crippen LogP contribution in [0.25, 0.3) is 0 Å². The molecule has 0 heterocycles. The minimum Gasteiger partial charge on any atom is -0.381 e. The van der Waals surface area contributed by atoms with Crippen molar-refractivity contribution in [3.63, 3.8) is 0 Å². The summed E-state index contributed by atoms with van der Waals surface area (Å²) in [5.41, 5.74) is 0. The number of hydrogen-bond acceptors (Lipinski definition) is 7. The molecule has 9 heteroatoms. The first-order chi connectivity index (χ1) is 14.1. The number of thioether (sulfide) groups is 2. The Bertz CT molecular complexity index is 402. The quantitative estimate of drug-likeness (QED) is 0.182. The summed E-state index contributed by atoms with van der Waals surface area (Å²) in [6.45, 7) is 8.17. The third kappa shape index (κ3) is 23.7. The Hall–Kier alpha value is -0.480. The average Bonchev–Trinajstić information content (AvgIpc) is 2.69. The van der Waals surface area contributed by atoms with Crippen LogP contribution in [0, 0.1) is 5.92 Å². The molecular formula is C20H41N3O4S2. The Kier molecular flexibility index (Phi) is 21.8. The Morgan fingerprint density at radius 2 is 1.34 bits per heavy atom. The maximum absolute atomic E-state index is 11.8. The van der Waals surface area contributed by atoms with Crippen molar-refractivity contribution < 1.29 is 19.1 Å². The van der Waals surface area contributed by atoms with E-state index >= 15 is 0 Å². The topological polar surface area (TPSA) is 88.7 Å². The fourth-order valence-electron chi connectivity index (χ4n) is 2.13. The second-order valence-corrected chi connectivity index (χ2v) is 9.46. The number of carbonyl (C=O) groups excluding carboxylic acids is 2. The SMILES string of the molecule is CNCOCCCSCCC(=O)NCCNC(=O)CCSCCCOCC(C)C. The molecule has 0 aromatic rings. The molecule has 0 aromatic carbocycles. The maximum atomic E-state index is 11.8. The van der Waals surface area contributed by atoms with Gasteiger partial charge in [0.25, 0.3) is 0 Å². The van der Waals surface area contributed by atoms with Gasteiger partial charge in [-0.2, -0.15) is 23.5 Å². The van der Waals surface area contributed by atoms with Crippen LogP contribution < -0.4 is 16.0 Å². The van der Waals surface area contributed by atoms with Crippen LogP contribution >= 0.6 is 23.5 Å². The fraction of sp³-hybridized carbons (Fsp3) is 0.900. The molecule has 0 atom stereocenters. The van der Waals surface area contributed by atoms with Gasteiger partial charge >= 0.3 is 0 Å². The molecule has 0 aliphatic carbocycles. The first kappa shape index (κ1) is 28.5. The number of amides is 2. The lowest BCUT2D eigenvalue weighted by molar-refractivity contribution is -0.122. The van der Waals surface area contributed by atoms with Crippen LogP contribution in [0.15, 0.2) is 0 Å². The lowest BCUT2D eigenvalue weighted by atomic mass is 10.2. The molecule has 0 radical (unpaired) electrons. The number of ether oxygens (including phenoxy) is 2. The van der Waals surface area contributed by atoms with Gasteiger partial charge in [0.15, 0.2) is 0 Å². The molecule has 0 saturated carbocycles. The number of nitrogens with one attached hydrogen (secondary N) is 3. The first-order valence-electron chi connectivity index (χ1n) is 10.5. The summed E-state index contributed by atoms with van der Waals surface area (Å²) in [5.74, 6) is 4.29. The van der Waals surface area contributed by atoms with Gasteiger partial charge < -0.3 is 20.1 Å². The Morgan fingerprint density at radius 1 is 0.828 bits per heavy atom. The molecule has 3 N–H and O–H groups in total. The molecule has 0 rings (SSSR count). The van der Waals surface area contributed by atoms with Crippen molar-refractivity contribution >= 4 is 35.3 Å². The molecule has 29 heavy (non-hydrogen) atoms. The summed E-state index contributed by atoms with van der Waals surface area (Å²) in [6.07, 6.45) is 3.03. The number of carbonyl (C=O) groups is 2. The predicted octanol–water partition coefficient (Wildman–Crippen LogP) is 2.11. The lowest BCUT2D eigenvalue weighted by Crippen LogP contribution is -2.34. The first-order valence-corrected chi connectivity index (χ1v) is 12.9. The van der Waals surface area contributed by atoms with Gasteiger partial charge in [-0.3, -0.25) is 14.9 Å². The van der Waals surface area contributed by atoms with E-state index in [1.54, 1.807) is 23.5 Å². The molecule has 2 amide bonds. The van der Waals surface area contributed by atoms with E-state index in [1.165, 1.54) is 0 Å². The Balaban J connectivity index is 3.32. The van der Waals surface area contributed by atoms with Crippen molar-refractivity contribution in [2.24, 2.45) is 5.92 Å². The summed E-state index contributed by atoms with van der Waals surface area (Å²) >= 11 is 3.54. The molecule has 0 aliphatic heterocycles. The molecular weight excluding hydrogens is 410 g/mol. The van der Waals surface area contributed by atoms with Gasteiger partial charge in [-0.15, -0.1) is 0 Å². The van der Waals surface area contributed by atoms with Crippen molar-refractivity contribution in [1.29, 1.82) is 0 Å². The normalized spacial score (nSPS) is 11.0. The van der Waals surface area contributed by atoms with E-state index in [0.717, 1.165) is 55.7 Å². The summed E-state index contributed by atoms with van der Waals surface area (Å²) in [4.78, 5) is 23.5. The van der Waals surface area contributed by atoms with Gasteiger partial charge in [-0.25, -0.2) is 0 Å². The van der Waals surface area contributed by atoms with Crippen LogP contribution in [-0.2, 0) is 19.1 Å². The number of hydrogen-bond donors (Lipinski definition) is 3. The lowest BCUT2D eigenvalue weighted by Gasteiger charge is -2.08. The zero-order valence-corrected chi connectivity index (χ0v) is 20.1. The molecule has 7 nitrogen and oxygen atoms in total. The largest absolute Gasteiger partial charge is 0.381 e. The highest BCUT2D eigenvalue weighted by atomic mass is 32.2. The number of rotatable bonds is 21. The molecule has 0 aliphatic rings. The third-order valence-electron chi connectivity index (χ3n) is 3.57. The van der Waals surface area contributed by atoms with Crippen molar-refractivity contribution in [3.05, 3.63) is 0 Å². The average molecular weight is 452 g/mol. The monoisotopic (exact) mass is 451 g/mol. The van der Waals surface area contributed by atoms with Gasteiger partial charge in [0.1, 0.15) is 0 Å². The Labute approximate surface area is 185 Å². The van der Waals surface area contributed by atoms with Crippen LogP contribution in [0.3, 0.4) is 0 Å². The van der Waals surface area contributed by atoms with Gasteiger partial charge in [0.05, 0.1) is 6.73 Å². The van der Waals surface area contributed by atoms with Crippen molar-refractivity contribution in [2.75, 3.05) is 69.7 Å². The van der Waals surface area contributed by atoms with E-state index in [0.29, 0.717) is 38.6 Å². The van der Waals surface area contributed by atoms with Crippen LogP contribution in [0.1, 0.15) is 39.5 Å². The molecule has 0 fully saturated rings. The summed E-state index contributed by atoms with van der Waals surface area (Å²) < 4.78 is 10.8. The van der Waals surface area contributed by atoms with Crippen molar-refractivity contribution in [3.8, 4) is 0 Å². The maximum Gasteiger partial charge on any atom is 0.220 e. The zero-order valence-electron chi connectivity index (χ0n) is 18.4. The van der Waals surface area contributed by atoms with E-state index in [9.17, 15) is 9.59 Å². The molecule has 0 spiro atoms. The molecule has 0 saturated heterocycles. The van der Waals surface area contributed by atoms with Crippen LogP contribution in [0.5, 0.6) is 0 Å². The summed E-state index contributed by atoms with van der Waals surface area (Å²) in [7, 11) is 1.85. The van der Waals surface area contributed by atoms with E-state index in [-0.39, 0.29) is 11.8 Å². The van der Waals surface area contributed by atoms with E-state index in [2.05, 4.69) is 29.8 Å². The molecule has 0 bridgehead atoms. The van der Waals surface area contributed by atoms with E-state index in [4.69, 9.17) is 9.47 Å². The van der Waals surface area contributed by atoms with Crippen LogP contribution in [-0.4, -0.2) is 81.5 Å². The molecule has 0 unspecified atom stereocenters.